The average molecular weight is 262 g/mol. The second kappa shape index (κ2) is 6.31. The van der Waals surface area contributed by atoms with Crippen LogP contribution < -0.4 is 5.32 Å². The molecule has 0 spiro atoms. The third kappa shape index (κ3) is 3.53. The van der Waals surface area contributed by atoms with Crippen molar-refractivity contribution in [3.63, 3.8) is 0 Å². The Bertz CT molecular complexity index is 466. The fraction of sp³-hybridized carbons (Fsp3) is 0.500. The summed E-state index contributed by atoms with van der Waals surface area (Å²) in [6, 6.07) is 3.23. The molecule has 0 atom stereocenters. The van der Waals surface area contributed by atoms with Crippen molar-refractivity contribution in [3.05, 3.63) is 29.6 Å². The largest absolute Gasteiger partial charge is 0.476 e. The number of aromatic nitrogens is 1. The van der Waals surface area contributed by atoms with E-state index in [1.54, 1.807) is 6.07 Å². The Kier molecular flexibility index (Phi) is 4.49. The molecule has 2 rings (SSSR count). The molecule has 1 heterocycles. The van der Waals surface area contributed by atoms with Gasteiger partial charge in [0.25, 0.3) is 5.91 Å². The van der Waals surface area contributed by atoms with Gasteiger partial charge in [-0.15, -0.1) is 0 Å². The molecule has 0 saturated heterocycles. The van der Waals surface area contributed by atoms with Crippen LogP contribution in [0.4, 0.5) is 0 Å². The van der Waals surface area contributed by atoms with Crippen molar-refractivity contribution in [2.75, 3.05) is 0 Å². The Labute approximate surface area is 112 Å². The van der Waals surface area contributed by atoms with Gasteiger partial charge >= 0.3 is 5.97 Å². The number of carboxylic acids is 1. The summed E-state index contributed by atoms with van der Waals surface area (Å²) in [5.41, 5.74) is -0.0483. The molecule has 0 unspecified atom stereocenters. The lowest BCUT2D eigenvalue weighted by Gasteiger charge is -2.16. The summed E-state index contributed by atoms with van der Waals surface area (Å²) in [5.74, 6) is -1.51. The van der Waals surface area contributed by atoms with Gasteiger partial charge in [0.1, 0.15) is 0 Å². The number of carbonyl (C=O) groups is 2. The van der Waals surface area contributed by atoms with Gasteiger partial charge in [-0.1, -0.05) is 25.7 Å². The van der Waals surface area contributed by atoms with Gasteiger partial charge in [-0.05, 0) is 25.0 Å². The van der Waals surface area contributed by atoms with Crippen molar-refractivity contribution in [2.45, 2.75) is 44.6 Å². The molecule has 5 nitrogen and oxygen atoms in total. The van der Waals surface area contributed by atoms with Gasteiger partial charge in [0.15, 0.2) is 5.69 Å². The summed E-state index contributed by atoms with van der Waals surface area (Å²) >= 11 is 0. The van der Waals surface area contributed by atoms with Crippen LogP contribution in [0.2, 0.25) is 0 Å². The highest BCUT2D eigenvalue weighted by Gasteiger charge is 2.20. The number of pyridine rings is 1. The maximum absolute atomic E-state index is 12.1. The molecule has 0 bridgehead atoms. The van der Waals surface area contributed by atoms with Crippen molar-refractivity contribution in [1.29, 1.82) is 0 Å². The van der Waals surface area contributed by atoms with E-state index in [1.807, 2.05) is 0 Å². The lowest BCUT2D eigenvalue weighted by Crippen LogP contribution is -2.35. The Morgan fingerprint density at radius 3 is 2.53 bits per heavy atom. The van der Waals surface area contributed by atoms with Crippen LogP contribution in [-0.2, 0) is 0 Å². The van der Waals surface area contributed by atoms with Gasteiger partial charge in [-0.25, -0.2) is 9.78 Å². The van der Waals surface area contributed by atoms with Crippen LogP contribution in [0, 0.1) is 0 Å². The van der Waals surface area contributed by atoms with E-state index < -0.39 is 5.97 Å². The molecule has 1 fully saturated rings. The van der Waals surface area contributed by atoms with E-state index in [1.165, 1.54) is 25.1 Å². The van der Waals surface area contributed by atoms with Gasteiger partial charge in [0, 0.05) is 12.2 Å². The van der Waals surface area contributed by atoms with Crippen molar-refractivity contribution in [2.24, 2.45) is 0 Å². The van der Waals surface area contributed by atoms with Crippen LogP contribution in [0.25, 0.3) is 0 Å². The second-order valence-corrected chi connectivity index (χ2v) is 4.87. The van der Waals surface area contributed by atoms with Crippen LogP contribution >= 0.6 is 0 Å². The van der Waals surface area contributed by atoms with Gasteiger partial charge in [0.2, 0.25) is 0 Å². The fourth-order valence-corrected chi connectivity index (χ4v) is 2.45. The SMILES string of the molecule is O=C(NC1CCCCCC1)c1cccnc1C(=O)O. The zero-order chi connectivity index (χ0) is 13.7. The Hall–Kier alpha value is -1.91. The maximum atomic E-state index is 12.1. The zero-order valence-corrected chi connectivity index (χ0v) is 10.8. The first kappa shape index (κ1) is 13.5. The smallest absolute Gasteiger partial charge is 0.355 e. The van der Waals surface area contributed by atoms with Gasteiger partial charge in [-0.3, -0.25) is 4.79 Å². The van der Waals surface area contributed by atoms with Gasteiger partial charge in [0.05, 0.1) is 5.56 Å². The predicted molar refractivity (Wildman–Crippen MR) is 70.2 cm³/mol. The monoisotopic (exact) mass is 262 g/mol. The van der Waals surface area contributed by atoms with Crippen LogP contribution in [0.3, 0.4) is 0 Å². The first-order valence-electron chi connectivity index (χ1n) is 6.67. The van der Waals surface area contributed by atoms with Gasteiger partial charge in [-0.2, -0.15) is 0 Å². The predicted octanol–water partition coefficient (Wildman–Crippen LogP) is 2.23. The highest BCUT2D eigenvalue weighted by molar-refractivity contribution is 6.03. The number of amides is 1. The zero-order valence-electron chi connectivity index (χ0n) is 10.8. The summed E-state index contributed by atoms with van der Waals surface area (Å²) in [6.45, 7) is 0. The Balaban J connectivity index is 2.09. The molecule has 1 amide bonds. The second-order valence-electron chi connectivity index (χ2n) is 4.87. The standard InChI is InChI=1S/C14H18N2O3/c17-13(16-10-6-3-1-2-4-7-10)11-8-5-9-15-12(11)14(18)19/h5,8-10H,1-4,6-7H2,(H,16,17)(H,18,19). The van der Waals surface area contributed by atoms with E-state index >= 15 is 0 Å². The molecule has 5 heteroatoms. The molecule has 0 aliphatic heterocycles. The van der Waals surface area contributed by atoms with Crippen LogP contribution in [0.1, 0.15) is 59.4 Å². The molecule has 0 radical (unpaired) electrons. The number of carbonyl (C=O) groups excluding carboxylic acids is 1. The van der Waals surface area contributed by atoms with E-state index in [-0.39, 0.29) is 23.2 Å². The van der Waals surface area contributed by atoms with E-state index in [9.17, 15) is 9.59 Å². The van der Waals surface area contributed by atoms with Crippen molar-refractivity contribution >= 4 is 11.9 Å². The molecule has 1 aromatic rings. The maximum Gasteiger partial charge on any atom is 0.355 e. The molecule has 0 aromatic carbocycles. The number of hydrogen-bond donors (Lipinski definition) is 2. The number of nitrogens with zero attached hydrogens (tertiary/aromatic N) is 1. The number of nitrogens with one attached hydrogen (secondary N) is 1. The third-order valence-electron chi connectivity index (χ3n) is 3.45. The summed E-state index contributed by atoms with van der Waals surface area (Å²) in [7, 11) is 0. The van der Waals surface area contributed by atoms with Crippen LogP contribution in [0.15, 0.2) is 18.3 Å². The quantitative estimate of drug-likeness (QED) is 0.819. The molecule has 2 N–H and O–H groups in total. The Morgan fingerprint density at radius 1 is 1.21 bits per heavy atom. The van der Waals surface area contributed by atoms with E-state index in [0.29, 0.717) is 0 Å². The number of hydrogen-bond acceptors (Lipinski definition) is 3. The first-order chi connectivity index (χ1) is 9.18. The van der Waals surface area contributed by atoms with Gasteiger partial charge < -0.3 is 10.4 Å². The van der Waals surface area contributed by atoms with Crippen molar-refractivity contribution in [1.82, 2.24) is 10.3 Å². The van der Waals surface area contributed by atoms with Crippen LogP contribution in [-0.4, -0.2) is 28.0 Å². The normalized spacial score (nSPS) is 16.6. The lowest BCUT2D eigenvalue weighted by molar-refractivity contribution is 0.0683. The first-order valence-corrected chi connectivity index (χ1v) is 6.67. The topological polar surface area (TPSA) is 79.3 Å². The minimum atomic E-state index is -1.17. The van der Waals surface area contributed by atoms with Crippen molar-refractivity contribution in [3.8, 4) is 0 Å². The molecule has 19 heavy (non-hydrogen) atoms. The molecule has 1 aliphatic carbocycles. The number of carboxylic acid groups (broad SMARTS) is 1. The molecule has 1 saturated carbocycles. The summed E-state index contributed by atoms with van der Waals surface area (Å²) in [5, 5.41) is 12.0. The fourth-order valence-electron chi connectivity index (χ4n) is 2.45. The minimum Gasteiger partial charge on any atom is -0.476 e. The minimum absolute atomic E-state index is 0.138. The number of aromatic carboxylic acids is 1. The van der Waals surface area contributed by atoms with E-state index in [4.69, 9.17) is 5.11 Å². The average Bonchev–Trinajstić information content (AvgIpc) is 2.67. The highest BCUT2D eigenvalue weighted by atomic mass is 16.4. The highest BCUT2D eigenvalue weighted by Crippen LogP contribution is 2.18. The third-order valence-corrected chi connectivity index (χ3v) is 3.45. The molecule has 1 aliphatic rings. The summed E-state index contributed by atoms with van der Waals surface area (Å²) < 4.78 is 0. The molecule has 1 aromatic heterocycles. The number of rotatable bonds is 3. The molecular formula is C14H18N2O3. The lowest BCUT2D eigenvalue weighted by atomic mass is 10.1. The summed E-state index contributed by atoms with van der Waals surface area (Å²) in [4.78, 5) is 26.9. The van der Waals surface area contributed by atoms with E-state index in [2.05, 4.69) is 10.3 Å². The Morgan fingerprint density at radius 2 is 1.89 bits per heavy atom. The van der Waals surface area contributed by atoms with Crippen LogP contribution in [0.5, 0.6) is 0 Å². The molecule has 102 valence electrons. The molecular weight excluding hydrogens is 244 g/mol. The van der Waals surface area contributed by atoms with Crippen molar-refractivity contribution < 1.29 is 14.7 Å². The van der Waals surface area contributed by atoms with E-state index in [0.717, 1.165) is 25.7 Å². The summed E-state index contributed by atoms with van der Waals surface area (Å²) in [6.07, 6.45) is 7.96.